The number of carbonyl (C=O) groups is 1. The Balaban J connectivity index is 1.69. The van der Waals surface area contributed by atoms with E-state index in [2.05, 4.69) is 37.8 Å². The zero-order valence-electron chi connectivity index (χ0n) is 10.3. The first-order chi connectivity index (χ1) is 9.11. The number of halogens is 1. The lowest BCUT2D eigenvalue weighted by Crippen LogP contribution is -2.33. The van der Waals surface area contributed by atoms with Crippen LogP contribution in [0.1, 0.15) is 23.3 Å². The second-order valence-corrected chi connectivity index (χ2v) is 5.76. The summed E-state index contributed by atoms with van der Waals surface area (Å²) >= 11 is 3.33. The molecule has 98 valence electrons. The van der Waals surface area contributed by atoms with Crippen LogP contribution in [-0.2, 0) is 0 Å². The van der Waals surface area contributed by atoms with Gasteiger partial charge in [-0.1, -0.05) is 12.2 Å². The fourth-order valence-electron chi connectivity index (χ4n) is 2.20. The van der Waals surface area contributed by atoms with Gasteiger partial charge in [-0.25, -0.2) is 9.97 Å². The summed E-state index contributed by atoms with van der Waals surface area (Å²) in [6, 6.07) is 0. The second kappa shape index (κ2) is 4.77. The summed E-state index contributed by atoms with van der Waals surface area (Å²) in [6.07, 6.45) is 7.19. The molecule has 0 radical (unpaired) electrons. The Morgan fingerprint density at radius 3 is 3.05 bits per heavy atom. The minimum absolute atomic E-state index is 0.154. The van der Waals surface area contributed by atoms with Crippen LogP contribution >= 0.6 is 15.9 Å². The van der Waals surface area contributed by atoms with E-state index in [1.165, 1.54) is 5.57 Å². The topological polar surface area (TPSA) is 59.3 Å². The number of nitrogens with zero attached hydrogens (tertiary/aromatic N) is 3. The molecule has 1 amide bonds. The molecule has 1 N–H and O–H groups in total. The fraction of sp³-hybridized carbons (Fsp3) is 0.308. The summed E-state index contributed by atoms with van der Waals surface area (Å²) in [6.45, 7) is 4.58. The Morgan fingerprint density at radius 1 is 1.53 bits per heavy atom. The van der Waals surface area contributed by atoms with Crippen molar-refractivity contribution in [2.75, 3.05) is 6.54 Å². The largest absolute Gasteiger partial charge is 0.350 e. The fourth-order valence-corrected chi connectivity index (χ4v) is 2.52. The van der Waals surface area contributed by atoms with E-state index in [-0.39, 0.29) is 5.91 Å². The van der Waals surface area contributed by atoms with Gasteiger partial charge in [0.2, 0.25) is 5.78 Å². The highest BCUT2D eigenvalue weighted by molar-refractivity contribution is 9.10. The van der Waals surface area contributed by atoms with Crippen LogP contribution in [0, 0.1) is 5.92 Å². The highest BCUT2D eigenvalue weighted by atomic mass is 79.9. The average molecular weight is 321 g/mol. The minimum Gasteiger partial charge on any atom is -0.350 e. The van der Waals surface area contributed by atoms with E-state index in [4.69, 9.17) is 0 Å². The number of carbonyl (C=O) groups excluding carboxylic acids is 1. The second-order valence-electron chi connectivity index (χ2n) is 4.84. The van der Waals surface area contributed by atoms with Gasteiger partial charge in [0, 0.05) is 25.1 Å². The van der Waals surface area contributed by atoms with Gasteiger partial charge in [0.1, 0.15) is 5.69 Å². The first-order valence-corrected chi connectivity index (χ1v) is 6.86. The zero-order chi connectivity index (χ0) is 13.4. The van der Waals surface area contributed by atoms with E-state index in [1.54, 1.807) is 16.8 Å². The van der Waals surface area contributed by atoms with E-state index in [1.807, 2.05) is 6.20 Å². The number of nitrogens with one attached hydrogen (secondary N) is 1. The molecule has 1 aliphatic rings. The van der Waals surface area contributed by atoms with Gasteiger partial charge in [-0.05, 0) is 34.7 Å². The predicted octanol–water partition coefficient (Wildman–Crippen LogP) is 2.19. The summed E-state index contributed by atoms with van der Waals surface area (Å²) in [5, 5.41) is 2.90. The molecule has 0 aromatic carbocycles. The quantitative estimate of drug-likeness (QED) is 0.882. The molecular formula is C13H13BrN4O. The van der Waals surface area contributed by atoms with Crippen LogP contribution in [0.25, 0.3) is 5.78 Å². The van der Waals surface area contributed by atoms with E-state index in [9.17, 15) is 4.79 Å². The molecule has 0 bridgehead atoms. The maximum atomic E-state index is 12.0. The summed E-state index contributed by atoms with van der Waals surface area (Å²) < 4.78 is 2.57. The summed E-state index contributed by atoms with van der Waals surface area (Å²) in [5.41, 5.74) is 1.66. The molecule has 19 heavy (non-hydrogen) atoms. The Bertz CT molecular complexity index is 656. The van der Waals surface area contributed by atoms with Crippen LogP contribution in [0.15, 0.2) is 35.2 Å². The van der Waals surface area contributed by atoms with Gasteiger partial charge in [-0.15, -0.1) is 0 Å². The Kier molecular flexibility index (Phi) is 3.10. The van der Waals surface area contributed by atoms with E-state index < -0.39 is 0 Å². The number of fused-ring (bicyclic) bond motifs is 1. The van der Waals surface area contributed by atoms with Gasteiger partial charge >= 0.3 is 0 Å². The molecule has 0 saturated heterocycles. The van der Waals surface area contributed by atoms with Gasteiger partial charge < -0.3 is 5.32 Å². The van der Waals surface area contributed by atoms with Crippen molar-refractivity contribution in [3.63, 3.8) is 0 Å². The van der Waals surface area contributed by atoms with Crippen LogP contribution in [0.2, 0.25) is 0 Å². The molecule has 1 fully saturated rings. The molecule has 2 aromatic heterocycles. The van der Waals surface area contributed by atoms with Gasteiger partial charge in [0.05, 0.1) is 4.47 Å². The molecule has 1 aliphatic carbocycles. The summed E-state index contributed by atoms with van der Waals surface area (Å²) in [5.74, 6) is 0.894. The van der Waals surface area contributed by atoms with Crippen molar-refractivity contribution in [2.45, 2.75) is 12.8 Å². The highest BCUT2D eigenvalue weighted by Crippen LogP contribution is 2.30. The molecule has 0 spiro atoms. The predicted molar refractivity (Wildman–Crippen MR) is 74.9 cm³/mol. The molecule has 2 aromatic rings. The lowest BCUT2D eigenvalue weighted by atomic mass is 9.81. The number of aromatic nitrogens is 3. The summed E-state index contributed by atoms with van der Waals surface area (Å²) in [4.78, 5) is 20.3. The van der Waals surface area contributed by atoms with E-state index in [0.29, 0.717) is 23.9 Å². The third-order valence-corrected chi connectivity index (χ3v) is 3.63. The van der Waals surface area contributed by atoms with Gasteiger partial charge in [0.15, 0.2) is 0 Å². The molecule has 5 nitrogen and oxygen atoms in total. The number of hydrogen-bond acceptors (Lipinski definition) is 3. The maximum Gasteiger partial charge on any atom is 0.271 e. The van der Waals surface area contributed by atoms with Crippen molar-refractivity contribution in [2.24, 2.45) is 5.92 Å². The smallest absolute Gasteiger partial charge is 0.271 e. The number of hydrogen-bond donors (Lipinski definition) is 1. The van der Waals surface area contributed by atoms with Crippen molar-refractivity contribution in [1.29, 1.82) is 0 Å². The molecule has 1 saturated carbocycles. The first kappa shape index (κ1) is 12.3. The van der Waals surface area contributed by atoms with Crippen molar-refractivity contribution in [1.82, 2.24) is 19.7 Å². The monoisotopic (exact) mass is 320 g/mol. The standard InChI is InChI=1S/C13H13BrN4O/c1-8-2-9(3-8)4-15-12(19)11-7-18-6-10(14)5-16-13(18)17-11/h5-7,9H,1-4H2,(H,15,19). The van der Waals surface area contributed by atoms with Gasteiger partial charge in [0.25, 0.3) is 5.91 Å². The molecule has 0 unspecified atom stereocenters. The minimum atomic E-state index is -0.154. The molecular weight excluding hydrogens is 308 g/mol. The van der Waals surface area contributed by atoms with Crippen LogP contribution < -0.4 is 5.32 Å². The Labute approximate surface area is 118 Å². The van der Waals surface area contributed by atoms with Crippen molar-refractivity contribution in [3.8, 4) is 0 Å². The number of rotatable bonds is 3. The average Bonchev–Trinajstić information content (AvgIpc) is 2.75. The van der Waals surface area contributed by atoms with Crippen molar-refractivity contribution in [3.05, 3.63) is 40.9 Å². The SMILES string of the molecule is C=C1CC(CNC(=O)c2cn3cc(Br)cnc3n2)C1. The highest BCUT2D eigenvalue weighted by Gasteiger charge is 2.22. The third-order valence-electron chi connectivity index (χ3n) is 3.22. The van der Waals surface area contributed by atoms with Crippen LogP contribution in [-0.4, -0.2) is 26.8 Å². The van der Waals surface area contributed by atoms with Crippen LogP contribution in [0.5, 0.6) is 0 Å². The Morgan fingerprint density at radius 2 is 2.32 bits per heavy atom. The number of amides is 1. The molecule has 2 heterocycles. The van der Waals surface area contributed by atoms with Gasteiger partial charge in [-0.2, -0.15) is 0 Å². The van der Waals surface area contributed by atoms with Crippen LogP contribution in [0.4, 0.5) is 0 Å². The summed E-state index contributed by atoms with van der Waals surface area (Å²) in [7, 11) is 0. The number of allylic oxidation sites excluding steroid dienone is 1. The van der Waals surface area contributed by atoms with Gasteiger partial charge in [-0.3, -0.25) is 9.20 Å². The normalized spacial score (nSPS) is 15.5. The maximum absolute atomic E-state index is 12.0. The lowest BCUT2D eigenvalue weighted by molar-refractivity contribution is 0.0939. The van der Waals surface area contributed by atoms with Crippen LogP contribution in [0.3, 0.4) is 0 Å². The van der Waals surface area contributed by atoms with E-state index in [0.717, 1.165) is 17.3 Å². The first-order valence-electron chi connectivity index (χ1n) is 6.07. The zero-order valence-corrected chi connectivity index (χ0v) is 11.9. The molecule has 3 rings (SSSR count). The molecule has 0 atom stereocenters. The lowest BCUT2D eigenvalue weighted by Gasteiger charge is -2.28. The van der Waals surface area contributed by atoms with E-state index >= 15 is 0 Å². The van der Waals surface area contributed by atoms with Crippen molar-refractivity contribution < 1.29 is 4.79 Å². The third kappa shape index (κ3) is 2.53. The molecule has 0 aliphatic heterocycles. The van der Waals surface area contributed by atoms with Crippen molar-refractivity contribution >= 4 is 27.6 Å². The molecule has 6 heteroatoms. The number of imidazole rings is 1. The Hall–Kier alpha value is -1.69.